The summed E-state index contributed by atoms with van der Waals surface area (Å²) in [6, 6.07) is 0. The quantitative estimate of drug-likeness (QED) is 0.442. The zero-order chi connectivity index (χ0) is 18.5. The van der Waals surface area contributed by atoms with Crippen LogP contribution in [-0.4, -0.2) is 38.7 Å². The molecule has 0 saturated heterocycles. The molecule has 0 radical (unpaired) electrons. The van der Waals surface area contributed by atoms with Gasteiger partial charge in [-0.05, 0) is 26.2 Å². The van der Waals surface area contributed by atoms with Crippen molar-refractivity contribution in [3.05, 3.63) is 24.3 Å². The molecule has 0 heterocycles. The summed E-state index contributed by atoms with van der Waals surface area (Å²) in [6.45, 7) is 15.3. The van der Waals surface area contributed by atoms with E-state index in [0.29, 0.717) is 5.92 Å². The summed E-state index contributed by atoms with van der Waals surface area (Å²) < 4.78 is 0. The molecule has 4 N–H and O–H groups in total. The van der Waals surface area contributed by atoms with Gasteiger partial charge in [-0.2, -0.15) is 0 Å². The maximum absolute atomic E-state index is 9.60. The van der Waals surface area contributed by atoms with Crippen molar-refractivity contribution in [2.45, 2.75) is 53.8 Å². The van der Waals surface area contributed by atoms with Gasteiger partial charge in [-0.15, -0.1) is 0 Å². The molecular formula is C16H30O6. The largest absolute Gasteiger partial charge is 0.478 e. The van der Waals surface area contributed by atoms with Gasteiger partial charge in [0.2, 0.25) is 0 Å². The van der Waals surface area contributed by atoms with E-state index in [-0.39, 0.29) is 17.1 Å². The number of hydrogen-bond donors (Lipinski definition) is 4. The van der Waals surface area contributed by atoms with E-state index in [1.807, 2.05) is 6.92 Å². The fourth-order valence-electron chi connectivity index (χ4n) is 0.745. The van der Waals surface area contributed by atoms with Crippen LogP contribution < -0.4 is 0 Å². The van der Waals surface area contributed by atoms with Crippen molar-refractivity contribution in [3.63, 3.8) is 0 Å². The van der Waals surface area contributed by atoms with Crippen LogP contribution in [0.25, 0.3) is 0 Å². The van der Waals surface area contributed by atoms with Crippen molar-refractivity contribution >= 4 is 11.9 Å². The minimum Gasteiger partial charge on any atom is -0.478 e. The molecule has 0 aliphatic rings. The Hall–Kier alpha value is -1.66. The lowest BCUT2D eigenvalue weighted by atomic mass is 9.99. The van der Waals surface area contributed by atoms with Crippen LogP contribution in [0.4, 0.5) is 0 Å². The Morgan fingerprint density at radius 2 is 1.14 bits per heavy atom. The van der Waals surface area contributed by atoms with Gasteiger partial charge >= 0.3 is 11.9 Å². The molecule has 0 aliphatic carbocycles. The molecule has 6 nitrogen and oxygen atoms in total. The fraction of sp³-hybridized carbons (Fsp3) is 0.625. The van der Waals surface area contributed by atoms with Crippen LogP contribution >= 0.6 is 0 Å². The third-order valence-electron chi connectivity index (χ3n) is 2.44. The molecule has 0 aliphatic heterocycles. The van der Waals surface area contributed by atoms with Gasteiger partial charge in [-0.1, -0.05) is 40.3 Å². The second-order valence-corrected chi connectivity index (χ2v) is 5.53. The van der Waals surface area contributed by atoms with Crippen LogP contribution in [0.5, 0.6) is 0 Å². The van der Waals surface area contributed by atoms with Crippen LogP contribution in [-0.2, 0) is 9.59 Å². The topological polar surface area (TPSA) is 115 Å². The number of carboxylic acid groups (broad SMARTS) is 2. The summed E-state index contributed by atoms with van der Waals surface area (Å²) in [5.74, 6) is -1.20. The lowest BCUT2D eigenvalue weighted by Crippen LogP contribution is -2.16. The molecule has 0 amide bonds. The molecule has 0 fully saturated rings. The van der Waals surface area contributed by atoms with Gasteiger partial charge in [-0.3, -0.25) is 0 Å². The summed E-state index contributed by atoms with van der Waals surface area (Å²) in [4.78, 5) is 19.2. The first-order chi connectivity index (χ1) is 9.82. The Morgan fingerprint density at radius 1 is 0.864 bits per heavy atom. The Kier molecular flexibility index (Phi) is 16.4. The van der Waals surface area contributed by atoms with Gasteiger partial charge in [0.15, 0.2) is 6.29 Å². The van der Waals surface area contributed by atoms with E-state index in [9.17, 15) is 9.59 Å². The van der Waals surface area contributed by atoms with Gasteiger partial charge in [-0.25, -0.2) is 9.59 Å². The van der Waals surface area contributed by atoms with Crippen molar-refractivity contribution in [2.24, 2.45) is 11.8 Å². The molecule has 1 atom stereocenters. The van der Waals surface area contributed by atoms with Gasteiger partial charge in [0.1, 0.15) is 0 Å². The number of aliphatic hydroxyl groups is 2. The first kappa shape index (κ1) is 25.3. The van der Waals surface area contributed by atoms with Crippen LogP contribution in [0.3, 0.4) is 0 Å². The standard InChI is InChI=1S/C8H18O2.2C4H6O2/c1-6(2)4-5-7(3)8(9)10;2*1-3(2)4(5)6/h6-10H,4-5H2,1-3H3;2*1H2,2H3,(H,5,6). The minimum atomic E-state index is -1.14. The highest BCUT2D eigenvalue weighted by atomic mass is 16.5. The van der Waals surface area contributed by atoms with Crippen molar-refractivity contribution in [1.82, 2.24) is 0 Å². The van der Waals surface area contributed by atoms with Gasteiger partial charge in [0.05, 0.1) is 0 Å². The van der Waals surface area contributed by atoms with E-state index in [4.69, 9.17) is 20.4 Å². The Balaban J connectivity index is -0.000000261. The summed E-state index contributed by atoms with van der Waals surface area (Å²) in [6.07, 6.45) is 0.826. The van der Waals surface area contributed by atoms with Crippen LogP contribution in [0, 0.1) is 11.8 Å². The molecule has 1 unspecified atom stereocenters. The summed E-state index contributed by atoms with van der Waals surface area (Å²) in [7, 11) is 0. The first-order valence-corrected chi connectivity index (χ1v) is 6.96. The number of aliphatic carboxylic acids is 2. The normalized spacial score (nSPS) is 10.8. The van der Waals surface area contributed by atoms with Crippen molar-refractivity contribution in [1.29, 1.82) is 0 Å². The zero-order valence-corrected chi connectivity index (χ0v) is 14.2. The minimum absolute atomic E-state index is 0.0161. The Bertz CT molecular complexity index is 310. The monoisotopic (exact) mass is 318 g/mol. The predicted octanol–water partition coefficient (Wildman–Crippen LogP) is 2.66. The lowest BCUT2D eigenvalue weighted by molar-refractivity contribution is -0.133. The Morgan fingerprint density at radius 3 is 1.27 bits per heavy atom. The average Bonchev–Trinajstić information content (AvgIpc) is 2.36. The van der Waals surface area contributed by atoms with Crippen LogP contribution in [0.15, 0.2) is 24.3 Å². The Labute approximate surface area is 132 Å². The average molecular weight is 318 g/mol. The summed E-state index contributed by atoms with van der Waals surface area (Å²) in [5, 5.41) is 33.2. The third-order valence-corrected chi connectivity index (χ3v) is 2.44. The van der Waals surface area contributed by atoms with Crippen LogP contribution in [0.2, 0.25) is 0 Å². The molecule has 0 aromatic heterocycles. The van der Waals surface area contributed by atoms with E-state index < -0.39 is 18.2 Å². The highest BCUT2D eigenvalue weighted by Gasteiger charge is 2.10. The second-order valence-electron chi connectivity index (χ2n) is 5.53. The molecule has 130 valence electrons. The third kappa shape index (κ3) is 23.4. The van der Waals surface area contributed by atoms with E-state index in [1.54, 1.807) is 0 Å². The van der Waals surface area contributed by atoms with E-state index >= 15 is 0 Å². The van der Waals surface area contributed by atoms with E-state index in [2.05, 4.69) is 27.0 Å². The molecule has 0 saturated carbocycles. The fourth-order valence-corrected chi connectivity index (χ4v) is 0.745. The zero-order valence-electron chi connectivity index (χ0n) is 14.2. The molecule has 0 rings (SSSR count). The molecule has 0 spiro atoms. The molecule has 0 aromatic rings. The van der Waals surface area contributed by atoms with Crippen LogP contribution in [0.1, 0.15) is 47.5 Å². The van der Waals surface area contributed by atoms with Gasteiger partial charge < -0.3 is 20.4 Å². The molecule has 6 heteroatoms. The molecule has 0 aromatic carbocycles. The number of rotatable bonds is 6. The van der Waals surface area contributed by atoms with Crippen molar-refractivity contribution < 1.29 is 30.0 Å². The van der Waals surface area contributed by atoms with E-state index in [0.717, 1.165) is 12.8 Å². The predicted molar refractivity (Wildman–Crippen MR) is 86.4 cm³/mol. The smallest absolute Gasteiger partial charge is 0.330 e. The summed E-state index contributed by atoms with van der Waals surface area (Å²) >= 11 is 0. The van der Waals surface area contributed by atoms with E-state index in [1.165, 1.54) is 13.8 Å². The molecule has 22 heavy (non-hydrogen) atoms. The number of carboxylic acids is 2. The highest BCUT2D eigenvalue weighted by molar-refractivity contribution is 5.85. The van der Waals surface area contributed by atoms with Crippen molar-refractivity contribution in [2.75, 3.05) is 0 Å². The maximum Gasteiger partial charge on any atom is 0.330 e. The number of carbonyl (C=O) groups is 2. The maximum atomic E-state index is 9.60. The molecular weight excluding hydrogens is 288 g/mol. The SMILES string of the molecule is C=C(C)C(=O)O.C=C(C)C(=O)O.CC(C)CCC(C)C(O)O. The highest BCUT2D eigenvalue weighted by Crippen LogP contribution is 2.13. The number of aliphatic hydroxyl groups excluding tert-OH is 1. The second kappa shape index (κ2) is 14.3. The lowest BCUT2D eigenvalue weighted by Gasteiger charge is -2.13. The molecule has 0 bridgehead atoms. The van der Waals surface area contributed by atoms with Gasteiger partial charge in [0.25, 0.3) is 0 Å². The summed E-state index contributed by atoms with van der Waals surface area (Å²) in [5.41, 5.74) is 0.352. The van der Waals surface area contributed by atoms with Crippen molar-refractivity contribution in [3.8, 4) is 0 Å². The first-order valence-electron chi connectivity index (χ1n) is 6.96. The number of hydrogen-bond acceptors (Lipinski definition) is 4. The van der Waals surface area contributed by atoms with Gasteiger partial charge in [0, 0.05) is 17.1 Å².